The van der Waals surface area contributed by atoms with Crippen molar-refractivity contribution in [3.8, 4) is 0 Å². The molecule has 3 nitrogen and oxygen atoms in total. The van der Waals surface area contributed by atoms with E-state index in [-0.39, 0.29) is 11.9 Å². The lowest BCUT2D eigenvalue weighted by Gasteiger charge is -2.21. The van der Waals surface area contributed by atoms with E-state index in [1.54, 1.807) is 13.8 Å². The van der Waals surface area contributed by atoms with Crippen LogP contribution in [0.5, 0.6) is 0 Å². The molecule has 1 atom stereocenters. The monoisotopic (exact) mass is 220 g/mol. The molecule has 1 aromatic carbocycles. The second-order valence-electron chi connectivity index (χ2n) is 4.79. The second kappa shape index (κ2) is 5.12. The minimum Gasteiger partial charge on any atom is -0.352 e. The molecule has 0 aliphatic heterocycles. The first-order valence-corrected chi connectivity index (χ1v) is 5.53. The number of hydrogen-bond donors (Lipinski definition) is 2. The molecule has 0 heterocycles. The van der Waals surface area contributed by atoms with Crippen molar-refractivity contribution in [2.45, 2.75) is 38.8 Å². The maximum atomic E-state index is 11.6. The van der Waals surface area contributed by atoms with Crippen molar-refractivity contribution in [2.75, 3.05) is 0 Å². The van der Waals surface area contributed by atoms with Gasteiger partial charge < -0.3 is 11.1 Å². The first-order chi connectivity index (χ1) is 7.39. The van der Waals surface area contributed by atoms with Crippen LogP contribution in [0.25, 0.3) is 0 Å². The van der Waals surface area contributed by atoms with Crippen LogP contribution in [0.15, 0.2) is 30.3 Å². The molecule has 0 bridgehead atoms. The summed E-state index contributed by atoms with van der Waals surface area (Å²) in [5, 5.41) is 2.90. The van der Waals surface area contributed by atoms with E-state index in [1.807, 2.05) is 25.1 Å². The van der Waals surface area contributed by atoms with Crippen LogP contribution < -0.4 is 11.1 Å². The fourth-order valence-corrected chi connectivity index (χ4v) is 1.43. The van der Waals surface area contributed by atoms with E-state index in [0.717, 1.165) is 6.42 Å². The van der Waals surface area contributed by atoms with Gasteiger partial charge in [-0.1, -0.05) is 30.3 Å². The Hall–Kier alpha value is -1.35. The Morgan fingerprint density at radius 1 is 1.38 bits per heavy atom. The van der Waals surface area contributed by atoms with E-state index in [4.69, 9.17) is 5.73 Å². The molecule has 1 amide bonds. The van der Waals surface area contributed by atoms with Crippen LogP contribution >= 0.6 is 0 Å². The molecular formula is C13H20N2O. The summed E-state index contributed by atoms with van der Waals surface area (Å²) in [6, 6.07) is 10.2. The maximum absolute atomic E-state index is 11.6. The summed E-state index contributed by atoms with van der Waals surface area (Å²) in [4.78, 5) is 11.6. The summed E-state index contributed by atoms with van der Waals surface area (Å²) in [6.07, 6.45) is 0.822. The molecule has 0 aromatic heterocycles. The third kappa shape index (κ3) is 4.03. The maximum Gasteiger partial charge on any atom is 0.239 e. The van der Waals surface area contributed by atoms with Gasteiger partial charge in [0.1, 0.15) is 0 Å². The zero-order chi connectivity index (χ0) is 12.2. The average molecular weight is 220 g/mol. The van der Waals surface area contributed by atoms with Crippen LogP contribution in [0.2, 0.25) is 0 Å². The van der Waals surface area contributed by atoms with Gasteiger partial charge in [-0.05, 0) is 32.8 Å². The second-order valence-corrected chi connectivity index (χ2v) is 4.79. The zero-order valence-electron chi connectivity index (χ0n) is 10.2. The first-order valence-electron chi connectivity index (χ1n) is 5.53. The van der Waals surface area contributed by atoms with Crippen LogP contribution in [0.1, 0.15) is 26.3 Å². The van der Waals surface area contributed by atoms with Gasteiger partial charge in [0.25, 0.3) is 0 Å². The lowest BCUT2D eigenvalue weighted by Crippen LogP contribution is -2.51. The number of carbonyl (C=O) groups is 1. The number of hydrogen-bond acceptors (Lipinski definition) is 2. The summed E-state index contributed by atoms with van der Waals surface area (Å²) >= 11 is 0. The van der Waals surface area contributed by atoms with E-state index in [9.17, 15) is 4.79 Å². The summed E-state index contributed by atoms with van der Waals surface area (Å²) in [7, 11) is 0. The first kappa shape index (κ1) is 12.7. The Morgan fingerprint density at radius 3 is 2.44 bits per heavy atom. The lowest BCUT2D eigenvalue weighted by atomic mass is 10.0. The molecule has 0 saturated heterocycles. The standard InChI is InChI=1S/C13H20N2O/c1-10(15-12(16)13(2,3)14)9-11-7-5-4-6-8-11/h4-8,10H,9,14H2,1-3H3,(H,15,16). The Bertz CT molecular complexity index is 341. The van der Waals surface area contributed by atoms with Crippen LogP contribution in [0.3, 0.4) is 0 Å². The van der Waals surface area contributed by atoms with Gasteiger partial charge in [-0.15, -0.1) is 0 Å². The van der Waals surface area contributed by atoms with E-state index in [1.165, 1.54) is 5.56 Å². The van der Waals surface area contributed by atoms with Crippen molar-refractivity contribution in [1.82, 2.24) is 5.32 Å². The number of carbonyl (C=O) groups excluding carboxylic acids is 1. The van der Waals surface area contributed by atoms with Crippen molar-refractivity contribution >= 4 is 5.91 Å². The Labute approximate surface area is 97.0 Å². The van der Waals surface area contributed by atoms with Crippen LogP contribution in [0, 0.1) is 0 Å². The van der Waals surface area contributed by atoms with Gasteiger partial charge in [0.2, 0.25) is 5.91 Å². The van der Waals surface area contributed by atoms with E-state index < -0.39 is 5.54 Å². The van der Waals surface area contributed by atoms with Crippen molar-refractivity contribution in [3.63, 3.8) is 0 Å². The summed E-state index contributed by atoms with van der Waals surface area (Å²) in [6.45, 7) is 5.39. The molecule has 1 rings (SSSR count). The van der Waals surface area contributed by atoms with Crippen LogP contribution in [-0.4, -0.2) is 17.5 Å². The highest BCUT2D eigenvalue weighted by molar-refractivity contribution is 5.85. The molecule has 1 aromatic rings. The van der Waals surface area contributed by atoms with E-state index in [0.29, 0.717) is 0 Å². The Kier molecular flexibility index (Phi) is 4.07. The largest absolute Gasteiger partial charge is 0.352 e. The molecule has 0 aliphatic rings. The summed E-state index contributed by atoms with van der Waals surface area (Å²) < 4.78 is 0. The molecule has 0 aliphatic carbocycles. The molecule has 3 heteroatoms. The van der Waals surface area contributed by atoms with Gasteiger partial charge >= 0.3 is 0 Å². The quantitative estimate of drug-likeness (QED) is 0.807. The molecule has 0 saturated carbocycles. The fourth-order valence-electron chi connectivity index (χ4n) is 1.43. The highest BCUT2D eigenvalue weighted by atomic mass is 16.2. The van der Waals surface area contributed by atoms with Crippen molar-refractivity contribution in [3.05, 3.63) is 35.9 Å². The topological polar surface area (TPSA) is 55.1 Å². The summed E-state index contributed by atoms with van der Waals surface area (Å²) in [5.41, 5.74) is 6.11. The minimum atomic E-state index is -0.815. The predicted molar refractivity (Wildman–Crippen MR) is 66.0 cm³/mol. The number of amides is 1. The Morgan fingerprint density at radius 2 is 1.94 bits per heavy atom. The number of benzene rings is 1. The van der Waals surface area contributed by atoms with Gasteiger partial charge in [-0.25, -0.2) is 0 Å². The van der Waals surface area contributed by atoms with Gasteiger partial charge in [-0.3, -0.25) is 4.79 Å². The predicted octanol–water partition coefficient (Wildman–Crippen LogP) is 1.47. The van der Waals surface area contributed by atoms with Gasteiger partial charge in [-0.2, -0.15) is 0 Å². The SMILES string of the molecule is CC(Cc1ccccc1)NC(=O)C(C)(C)N. The molecule has 0 spiro atoms. The Balaban J connectivity index is 2.49. The molecule has 88 valence electrons. The highest BCUT2D eigenvalue weighted by Crippen LogP contribution is 2.04. The van der Waals surface area contributed by atoms with Crippen molar-refractivity contribution in [2.24, 2.45) is 5.73 Å². The van der Waals surface area contributed by atoms with Crippen LogP contribution in [-0.2, 0) is 11.2 Å². The minimum absolute atomic E-state index is 0.0951. The van der Waals surface area contributed by atoms with Crippen molar-refractivity contribution in [1.29, 1.82) is 0 Å². The van der Waals surface area contributed by atoms with E-state index >= 15 is 0 Å². The average Bonchev–Trinajstić information content (AvgIpc) is 2.17. The number of nitrogens with two attached hydrogens (primary N) is 1. The molecule has 1 unspecified atom stereocenters. The van der Waals surface area contributed by atoms with Crippen LogP contribution in [0.4, 0.5) is 0 Å². The molecule has 3 N–H and O–H groups in total. The highest BCUT2D eigenvalue weighted by Gasteiger charge is 2.22. The van der Waals surface area contributed by atoms with Gasteiger partial charge in [0.15, 0.2) is 0 Å². The molecule has 16 heavy (non-hydrogen) atoms. The van der Waals surface area contributed by atoms with Crippen molar-refractivity contribution < 1.29 is 4.79 Å². The van der Waals surface area contributed by atoms with Gasteiger partial charge in [0, 0.05) is 6.04 Å². The normalized spacial score (nSPS) is 13.2. The smallest absolute Gasteiger partial charge is 0.239 e. The third-order valence-corrected chi connectivity index (χ3v) is 2.35. The lowest BCUT2D eigenvalue weighted by molar-refractivity contribution is -0.125. The fraction of sp³-hybridized carbons (Fsp3) is 0.462. The number of rotatable bonds is 4. The summed E-state index contributed by atoms with van der Waals surface area (Å²) in [5.74, 6) is -0.115. The molecule has 0 fully saturated rings. The molecule has 0 radical (unpaired) electrons. The zero-order valence-corrected chi connectivity index (χ0v) is 10.2. The van der Waals surface area contributed by atoms with E-state index in [2.05, 4.69) is 17.4 Å². The van der Waals surface area contributed by atoms with Gasteiger partial charge in [0.05, 0.1) is 5.54 Å². The molecular weight excluding hydrogens is 200 g/mol. The third-order valence-electron chi connectivity index (χ3n) is 2.35. The number of nitrogens with one attached hydrogen (secondary N) is 1.